The first kappa shape index (κ1) is 16.8. The molecule has 0 aliphatic rings. The number of rotatable bonds is 7. The quantitative estimate of drug-likeness (QED) is 0.796. The lowest BCUT2D eigenvalue weighted by molar-refractivity contribution is -0.120. The average molecular weight is 298 g/mol. The maximum atomic E-state index is 12.1. The van der Waals surface area contributed by atoms with E-state index in [4.69, 9.17) is 10.5 Å². The second-order valence-corrected chi connectivity index (χ2v) is 6.26. The van der Waals surface area contributed by atoms with E-state index in [9.17, 15) is 9.00 Å². The van der Waals surface area contributed by atoms with E-state index in [1.165, 1.54) is 0 Å². The lowest BCUT2D eigenvalue weighted by atomic mass is 10.0. The smallest absolute Gasteiger partial charge is 0.248 e. The van der Waals surface area contributed by atoms with Gasteiger partial charge in [0.1, 0.15) is 0 Å². The van der Waals surface area contributed by atoms with E-state index >= 15 is 0 Å². The normalized spacial score (nSPS) is 14.1. The Hall–Kier alpha value is -1.24. The van der Waals surface area contributed by atoms with Crippen LogP contribution in [-0.2, 0) is 27.1 Å². The van der Waals surface area contributed by atoms with Gasteiger partial charge in [-0.15, -0.1) is 0 Å². The van der Waals surface area contributed by atoms with Crippen molar-refractivity contribution in [1.82, 2.24) is 4.72 Å². The zero-order valence-corrected chi connectivity index (χ0v) is 12.9. The Kier molecular flexibility index (Phi) is 6.84. The highest BCUT2D eigenvalue weighted by molar-refractivity contribution is 7.83. The van der Waals surface area contributed by atoms with Crippen LogP contribution in [0.1, 0.15) is 25.8 Å². The van der Waals surface area contributed by atoms with Gasteiger partial charge < -0.3 is 10.5 Å². The first-order chi connectivity index (χ1) is 9.43. The molecule has 1 aromatic carbocycles. The summed E-state index contributed by atoms with van der Waals surface area (Å²) < 4.78 is 19.5. The molecule has 0 bridgehead atoms. The van der Waals surface area contributed by atoms with Crippen molar-refractivity contribution < 1.29 is 13.7 Å². The Morgan fingerprint density at radius 1 is 1.45 bits per heavy atom. The van der Waals surface area contributed by atoms with Crippen LogP contribution in [0.4, 0.5) is 0 Å². The molecule has 5 nitrogen and oxygen atoms in total. The van der Waals surface area contributed by atoms with Crippen LogP contribution >= 0.6 is 0 Å². The van der Waals surface area contributed by atoms with Gasteiger partial charge in [0.05, 0.1) is 17.5 Å². The number of hydrogen-bond donors (Lipinski definition) is 2. The standard InChI is InChI=1S/C14H22N2O3S/c1-10(2)7-13(15)14(17)16-20(18)12-6-4-5-11(8-12)9-19-3/h4-6,8,10,13H,7,9,15H2,1-3H3,(H,16,17). The summed E-state index contributed by atoms with van der Waals surface area (Å²) in [6, 6.07) is 6.46. The van der Waals surface area contributed by atoms with Crippen molar-refractivity contribution in [3.05, 3.63) is 29.8 Å². The molecule has 0 spiro atoms. The number of nitrogens with two attached hydrogens (primary N) is 1. The van der Waals surface area contributed by atoms with Gasteiger partial charge in [0.25, 0.3) is 0 Å². The molecule has 6 heteroatoms. The Bertz CT molecular complexity index is 477. The van der Waals surface area contributed by atoms with Gasteiger partial charge in [0.15, 0.2) is 11.0 Å². The molecule has 0 heterocycles. The predicted molar refractivity (Wildman–Crippen MR) is 79.1 cm³/mol. The highest BCUT2D eigenvalue weighted by Crippen LogP contribution is 2.10. The monoisotopic (exact) mass is 298 g/mol. The highest BCUT2D eigenvalue weighted by atomic mass is 32.2. The number of hydrogen-bond acceptors (Lipinski definition) is 4. The van der Waals surface area contributed by atoms with Gasteiger partial charge in [0.2, 0.25) is 5.91 Å². The van der Waals surface area contributed by atoms with Gasteiger partial charge in [-0.25, -0.2) is 4.21 Å². The number of ether oxygens (including phenoxy) is 1. The van der Waals surface area contributed by atoms with Gasteiger partial charge in [-0.05, 0) is 30.0 Å². The molecule has 0 fully saturated rings. The van der Waals surface area contributed by atoms with Gasteiger partial charge in [-0.3, -0.25) is 9.52 Å². The molecule has 0 aliphatic heterocycles. The third-order valence-corrected chi connectivity index (χ3v) is 3.75. The van der Waals surface area contributed by atoms with Crippen molar-refractivity contribution in [2.45, 2.75) is 37.8 Å². The van der Waals surface area contributed by atoms with Gasteiger partial charge in [0, 0.05) is 7.11 Å². The SMILES string of the molecule is COCc1cccc(S(=O)NC(=O)C(N)CC(C)C)c1. The van der Waals surface area contributed by atoms with Crippen LogP contribution in [0, 0.1) is 5.92 Å². The molecule has 20 heavy (non-hydrogen) atoms. The minimum absolute atomic E-state index is 0.314. The minimum Gasteiger partial charge on any atom is -0.380 e. The van der Waals surface area contributed by atoms with Gasteiger partial charge in [-0.1, -0.05) is 26.0 Å². The van der Waals surface area contributed by atoms with Crippen molar-refractivity contribution in [3.63, 3.8) is 0 Å². The third-order valence-electron chi connectivity index (χ3n) is 2.68. The average Bonchev–Trinajstić information content (AvgIpc) is 2.38. The molecule has 0 aromatic heterocycles. The summed E-state index contributed by atoms with van der Waals surface area (Å²) in [5, 5.41) is 0. The fraction of sp³-hybridized carbons (Fsp3) is 0.500. The van der Waals surface area contributed by atoms with Crippen LogP contribution in [0.3, 0.4) is 0 Å². The molecule has 2 atom stereocenters. The number of carbonyl (C=O) groups is 1. The summed E-state index contributed by atoms with van der Waals surface area (Å²) in [5.41, 5.74) is 6.66. The molecular weight excluding hydrogens is 276 g/mol. The van der Waals surface area contributed by atoms with Crippen LogP contribution in [0.5, 0.6) is 0 Å². The summed E-state index contributed by atoms with van der Waals surface area (Å²) in [6.45, 7) is 4.41. The fourth-order valence-electron chi connectivity index (χ4n) is 1.76. The van der Waals surface area contributed by atoms with Crippen LogP contribution in [0.25, 0.3) is 0 Å². The second kappa shape index (κ2) is 8.14. The summed E-state index contributed by atoms with van der Waals surface area (Å²) in [4.78, 5) is 12.4. The first-order valence-electron chi connectivity index (χ1n) is 6.49. The number of benzene rings is 1. The van der Waals surface area contributed by atoms with Crippen LogP contribution in [0.15, 0.2) is 29.2 Å². The minimum atomic E-state index is -1.60. The van der Waals surface area contributed by atoms with E-state index in [1.807, 2.05) is 19.9 Å². The summed E-state index contributed by atoms with van der Waals surface area (Å²) in [6.07, 6.45) is 0.562. The molecule has 0 saturated heterocycles. The van der Waals surface area contributed by atoms with E-state index in [2.05, 4.69) is 4.72 Å². The fourth-order valence-corrected chi connectivity index (χ4v) is 2.67. The van der Waals surface area contributed by atoms with Crippen LogP contribution in [-0.4, -0.2) is 23.3 Å². The molecule has 3 N–H and O–H groups in total. The molecule has 1 amide bonds. The molecule has 2 unspecified atom stereocenters. The maximum absolute atomic E-state index is 12.1. The van der Waals surface area contributed by atoms with Crippen molar-refractivity contribution in [2.24, 2.45) is 11.7 Å². The third kappa shape index (κ3) is 5.40. The van der Waals surface area contributed by atoms with Crippen molar-refractivity contribution in [1.29, 1.82) is 0 Å². The van der Waals surface area contributed by atoms with E-state index in [0.717, 1.165) is 5.56 Å². The molecule has 0 saturated carbocycles. The van der Waals surface area contributed by atoms with E-state index in [1.54, 1.807) is 25.3 Å². The lowest BCUT2D eigenvalue weighted by Crippen LogP contribution is -2.42. The number of methoxy groups -OCH3 is 1. The largest absolute Gasteiger partial charge is 0.380 e. The van der Waals surface area contributed by atoms with E-state index in [0.29, 0.717) is 23.8 Å². The Morgan fingerprint density at radius 2 is 2.15 bits per heavy atom. The zero-order chi connectivity index (χ0) is 15.1. The van der Waals surface area contributed by atoms with Crippen LogP contribution < -0.4 is 10.5 Å². The number of nitrogens with one attached hydrogen (secondary N) is 1. The predicted octanol–water partition coefficient (Wildman–Crippen LogP) is 1.35. The van der Waals surface area contributed by atoms with E-state index < -0.39 is 22.9 Å². The van der Waals surface area contributed by atoms with Crippen LogP contribution in [0.2, 0.25) is 0 Å². The van der Waals surface area contributed by atoms with Crippen molar-refractivity contribution in [3.8, 4) is 0 Å². The molecule has 1 aromatic rings. The second-order valence-electron chi connectivity index (χ2n) is 5.05. The number of amides is 1. The van der Waals surface area contributed by atoms with Gasteiger partial charge in [-0.2, -0.15) is 0 Å². The summed E-state index contributed by atoms with van der Waals surface area (Å²) >= 11 is 0. The molecule has 112 valence electrons. The van der Waals surface area contributed by atoms with Gasteiger partial charge >= 0.3 is 0 Å². The zero-order valence-electron chi connectivity index (χ0n) is 12.1. The molecular formula is C14H22N2O3S. The Balaban J connectivity index is 2.66. The topological polar surface area (TPSA) is 81.4 Å². The summed E-state index contributed by atoms with van der Waals surface area (Å²) in [7, 11) is -0.00427. The first-order valence-corrected chi connectivity index (χ1v) is 7.64. The Morgan fingerprint density at radius 3 is 2.75 bits per heavy atom. The molecule has 1 rings (SSSR count). The van der Waals surface area contributed by atoms with Crippen molar-refractivity contribution >= 4 is 16.9 Å². The molecule has 0 radical (unpaired) electrons. The summed E-state index contributed by atoms with van der Waals surface area (Å²) in [5.74, 6) is -0.0802. The highest BCUT2D eigenvalue weighted by Gasteiger charge is 2.17. The Labute approximate surface area is 122 Å². The number of carbonyl (C=O) groups excluding carboxylic acids is 1. The van der Waals surface area contributed by atoms with E-state index in [-0.39, 0.29) is 0 Å². The van der Waals surface area contributed by atoms with Crippen molar-refractivity contribution in [2.75, 3.05) is 7.11 Å². The molecule has 0 aliphatic carbocycles. The maximum Gasteiger partial charge on any atom is 0.248 e. The lowest BCUT2D eigenvalue weighted by Gasteiger charge is -2.13.